The molecule has 0 radical (unpaired) electrons. The van der Waals surface area contributed by atoms with E-state index in [2.05, 4.69) is 24.1 Å². The zero-order valence-electron chi connectivity index (χ0n) is 10.8. The molecule has 2 fully saturated rings. The summed E-state index contributed by atoms with van der Waals surface area (Å²) in [6, 6.07) is 0.730. The number of nitrogens with zero attached hydrogens (tertiary/aromatic N) is 1. The number of ether oxygens (including phenoxy) is 1. The summed E-state index contributed by atoms with van der Waals surface area (Å²) < 4.78 is 5.35. The first-order valence-corrected chi connectivity index (χ1v) is 6.72. The Balaban J connectivity index is 1.63. The highest BCUT2D eigenvalue weighted by molar-refractivity contribution is 4.90. The highest BCUT2D eigenvalue weighted by atomic mass is 16.5. The van der Waals surface area contributed by atoms with Crippen molar-refractivity contribution in [2.45, 2.75) is 39.2 Å². The molecule has 1 heterocycles. The van der Waals surface area contributed by atoms with E-state index in [4.69, 9.17) is 4.74 Å². The molecule has 1 atom stereocenters. The molecule has 16 heavy (non-hydrogen) atoms. The van der Waals surface area contributed by atoms with Gasteiger partial charge < -0.3 is 10.1 Å². The molecule has 1 N–H and O–H groups in total. The molecule has 3 heteroatoms. The minimum absolute atomic E-state index is 0.505. The Kier molecular flexibility index (Phi) is 4.22. The van der Waals surface area contributed by atoms with Gasteiger partial charge in [-0.1, -0.05) is 20.3 Å². The van der Waals surface area contributed by atoms with Crippen molar-refractivity contribution in [3.05, 3.63) is 0 Å². The standard InChI is InChI=1S/C13H26N2O/c1-13(2)5-3-4-12(13)14-6-7-15-8-10-16-11-9-15/h12,14H,3-11H2,1-2H3. The molecule has 94 valence electrons. The van der Waals surface area contributed by atoms with E-state index in [1.54, 1.807) is 0 Å². The lowest BCUT2D eigenvalue weighted by atomic mass is 9.87. The predicted molar refractivity (Wildman–Crippen MR) is 66.7 cm³/mol. The molecule has 1 unspecified atom stereocenters. The highest BCUT2D eigenvalue weighted by Crippen LogP contribution is 2.36. The summed E-state index contributed by atoms with van der Waals surface area (Å²) in [6.07, 6.45) is 4.13. The number of hydrogen-bond donors (Lipinski definition) is 1. The minimum atomic E-state index is 0.505. The average molecular weight is 226 g/mol. The Hall–Kier alpha value is -0.120. The average Bonchev–Trinajstić information content (AvgIpc) is 2.60. The van der Waals surface area contributed by atoms with Gasteiger partial charge in [0.05, 0.1) is 13.2 Å². The van der Waals surface area contributed by atoms with E-state index in [0.29, 0.717) is 5.41 Å². The second kappa shape index (κ2) is 5.48. The molecule has 1 saturated heterocycles. The Labute approximate surface area is 99.5 Å². The van der Waals surface area contributed by atoms with Crippen LogP contribution in [0.3, 0.4) is 0 Å². The van der Waals surface area contributed by atoms with Crippen molar-refractivity contribution in [3.8, 4) is 0 Å². The molecule has 0 bridgehead atoms. The first kappa shape index (κ1) is 12.3. The number of rotatable bonds is 4. The SMILES string of the molecule is CC1(C)CCCC1NCCN1CCOCC1. The van der Waals surface area contributed by atoms with Crippen LogP contribution in [-0.2, 0) is 4.74 Å². The third-order valence-electron chi connectivity index (χ3n) is 4.18. The van der Waals surface area contributed by atoms with E-state index in [1.165, 1.54) is 25.8 Å². The van der Waals surface area contributed by atoms with Crippen LogP contribution in [0.15, 0.2) is 0 Å². The smallest absolute Gasteiger partial charge is 0.0594 e. The predicted octanol–water partition coefficient (Wildman–Crippen LogP) is 1.49. The molecule has 0 spiro atoms. The summed E-state index contributed by atoms with van der Waals surface area (Å²) >= 11 is 0. The maximum absolute atomic E-state index is 5.35. The van der Waals surface area contributed by atoms with Gasteiger partial charge in [0.1, 0.15) is 0 Å². The van der Waals surface area contributed by atoms with Gasteiger partial charge in [0.2, 0.25) is 0 Å². The first-order chi connectivity index (χ1) is 7.68. The van der Waals surface area contributed by atoms with Crippen LogP contribution in [0.25, 0.3) is 0 Å². The maximum atomic E-state index is 5.35. The second-order valence-corrected chi connectivity index (χ2v) is 5.84. The van der Waals surface area contributed by atoms with Crippen LogP contribution in [0, 0.1) is 5.41 Å². The molecule has 0 aromatic heterocycles. The molecule has 0 amide bonds. The van der Waals surface area contributed by atoms with Crippen LogP contribution < -0.4 is 5.32 Å². The van der Waals surface area contributed by atoms with Gasteiger partial charge >= 0.3 is 0 Å². The van der Waals surface area contributed by atoms with Crippen LogP contribution in [0.2, 0.25) is 0 Å². The van der Waals surface area contributed by atoms with E-state index in [-0.39, 0.29) is 0 Å². The van der Waals surface area contributed by atoms with Crippen molar-refractivity contribution >= 4 is 0 Å². The first-order valence-electron chi connectivity index (χ1n) is 6.72. The molecule has 0 aromatic rings. The highest BCUT2D eigenvalue weighted by Gasteiger charge is 2.33. The fraction of sp³-hybridized carbons (Fsp3) is 1.00. The van der Waals surface area contributed by atoms with Crippen LogP contribution >= 0.6 is 0 Å². The van der Waals surface area contributed by atoms with Gasteiger partial charge in [-0.25, -0.2) is 0 Å². The van der Waals surface area contributed by atoms with Crippen molar-refractivity contribution in [1.29, 1.82) is 0 Å². The van der Waals surface area contributed by atoms with Crippen molar-refractivity contribution in [3.63, 3.8) is 0 Å². The zero-order chi connectivity index (χ0) is 11.4. The van der Waals surface area contributed by atoms with E-state index < -0.39 is 0 Å². The molecule has 0 aromatic carbocycles. The molecular formula is C13H26N2O. The van der Waals surface area contributed by atoms with E-state index in [1.807, 2.05) is 0 Å². The Bertz CT molecular complexity index is 212. The lowest BCUT2D eigenvalue weighted by Gasteiger charge is -2.30. The molecule has 2 aliphatic rings. The number of morpholine rings is 1. The Morgan fingerprint density at radius 3 is 2.69 bits per heavy atom. The van der Waals surface area contributed by atoms with Gasteiger partial charge in [0.25, 0.3) is 0 Å². The lowest BCUT2D eigenvalue weighted by molar-refractivity contribution is 0.0377. The van der Waals surface area contributed by atoms with Gasteiger partial charge in [0.15, 0.2) is 0 Å². The van der Waals surface area contributed by atoms with Gasteiger partial charge in [-0.15, -0.1) is 0 Å². The molecule has 3 nitrogen and oxygen atoms in total. The summed E-state index contributed by atoms with van der Waals surface area (Å²) in [7, 11) is 0. The maximum Gasteiger partial charge on any atom is 0.0594 e. The molecular weight excluding hydrogens is 200 g/mol. The molecule has 1 saturated carbocycles. The monoisotopic (exact) mass is 226 g/mol. The second-order valence-electron chi connectivity index (χ2n) is 5.84. The van der Waals surface area contributed by atoms with Gasteiger partial charge in [-0.3, -0.25) is 4.90 Å². The van der Waals surface area contributed by atoms with Crippen molar-refractivity contribution in [2.75, 3.05) is 39.4 Å². The van der Waals surface area contributed by atoms with Gasteiger partial charge in [0, 0.05) is 32.2 Å². The fourth-order valence-electron chi connectivity index (χ4n) is 2.93. The fourth-order valence-corrected chi connectivity index (χ4v) is 2.93. The Morgan fingerprint density at radius 1 is 1.31 bits per heavy atom. The summed E-state index contributed by atoms with van der Waals surface area (Å²) in [6.45, 7) is 11.1. The normalized spacial score (nSPS) is 30.8. The Morgan fingerprint density at radius 2 is 2.06 bits per heavy atom. The van der Waals surface area contributed by atoms with Crippen LogP contribution in [-0.4, -0.2) is 50.3 Å². The van der Waals surface area contributed by atoms with E-state index in [9.17, 15) is 0 Å². The molecule has 1 aliphatic carbocycles. The number of nitrogens with one attached hydrogen (secondary N) is 1. The van der Waals surface area contributed by atoms with Crippen molar-refractivity contribution in [1.82, 2.24) is 10.2 Å². The molecule has 2 rings (SSSR count). The third kappa shape index (κ3) is 3.19. The van der Waals surface area contributed by atoms with Crippen molar-refractivity contribution in [2.24, 2.45) is 5.41 Å². The van der Waals surface area contributed by atoms with Crippen LogP contribution in [0.4, 0.5) is 0 Å². The summed E-state index contributed by atoms with van der Waals surface area (Å²) in [4.78, 5) is 2.50. The summed E-state index contributed by atoms with van der Waals surface area (Å²) in [5.41, 5.74) is 0.505. The van der Waals surface area contributed by atoms with Crippen LogP contribution in [0.5, 0.6) is 0 Å². The van der Waals surface area contributed by atoms with E-state index in [0.717, 1.165) is 38.9 Å². The zero-order valence-corrected chi connectivity index (χ0v) is 10.8. The summed E-state index contributed by atoms with van der Waals surface area (Å²) in [5.74, 6) is 0. The lowest BCUT2D eigenvalue weighted by Crippen LogP contribution is -2.44. The third-order valence-corrected chi connectivity index (χ3v) is 4.18. The largest absolute Gasteiger partial charge is 0.379 e. The van der Waals surface area contributed by atoms with E-state index >= 15 is 0 Å². The molecule has 1 aliphatic heterocycles. The van der Waals surface area contributed by atoms with Gasteiger partial charge in [-0.05, 0) is 18.3 Å². The van der Waals surface area contributed by atoms with Crippen LogP contribution in [0.1, 0.15) is 33.1 Å². The summed E-state index contributed by atoms with van der Waals surface area (Å²) in [5, 5.41) is 3.74. The number of hydrogen-bond acceptors (Lipinski definition) is 3. The quantitative estimate of drug-likeness (QED) is 0.786. The van der Waals surface area contributed by atoms with Gasteiger partial charge in [-0.2, -0.15) is 0 Å². The van der Waals surface area contributed by atoms with Crippen molar-refractivity contribution < 1.29 is 4.74 Å². The minimum Gasteiger partial charge on any atom is -0.379 e. The topological polar surface area (TPSA) is 24.5 Å².